The maximum atomic E-state index is 6.00. The zero-order valence-electron chi connectivity index (χ0n) is 14.2. The van der Waals surface area contributed by atoms with E-state index >= 15 is 0 Å². The number of hydrogen-bond acceptors (Lipinski definition) is 3. The number of hydrogen-bond donors (Lipinski definition) is 0. The van der Waals surface area contributed by atoms with Crippen LogP contribution in [0.3, 0.4) is 0 Å². The average Bonchev–Trinajstić information content (AvgIpc) is 3.33. The molecule has 4 rings (SSSR count). The average molecular weight is 365 g/mol. The molecule has 2 aromatic heterocycles. The Balaban J connectivity index is 1.77. The van der Waals surface area contributed by atoms with Gasteiger partial charge in [-0.3, -0.25) is 0 Å². The first kappa shape index (κ1) is 16.4. The Morgan fingerprint density at radius 3 is 2.46 bits per heavy atom. The zero-order valence-corrected chi connectivity index (χ0v) is 15.0. The maximum Gasteiger partial charge on any atom is 0.118 e. The quantitative estimate of drug-likeness (QED) is 0.525. The molecule has 0 bridgehead atoms. The fourth-order valence-electron chi connectivity index (χ4n) is 2.82. The highest BCUT2D eigenvalue weighted by atomic mass is 35.5. The van der Waals surface area contributed by atoms with Crippen LogP contribution in [0.25, 0.3) is 16.9 Å². The van der Waals surface area contributed by atoms with Crippen LogP contribution in [0.15, 0.2) is 73.4 Å². The molecule has 4 aromatic rings. The van der Waals surface area contributed by atoms with E-state index in [-0.39, 0.29) is 0 Å². The summed E-state index contributed by atoms with van der Waals surface area (Å²) in [5.74, 6) is 0.821. The lowest BCUT2D eigenvalue weighted by Crippen LogP contribution is -1.97. The molecule has 0 spiro atoms. The third-order valence-corrected chi connectivity index (χ3v) is 4.41. The van der Waals surface area contributed by atoms with Crippen LogP contribution in [0.5, 0.6) is 5.75 Å². The van der Waals surface area contributed by atoms with Crippen molar-refractivity contribution in [1.82, 2.24) is 19.3 Å². The summed E-state index contributed by atoms with van der Waals surface area (Å²) in [5.41, 5.74) is 4.02. The van der Waals surface area contributed by atoms with E-state index in [1.807, 2.05) is 70.2 Å². The minimum Gasteiger partial charge on any atom is -0.497 e. The van der Waals surface area contributed by atoms with Gasteiger partial charge in [0.15, 0.2) is 0 Å². The predicted octanol–water partition coefficient (Wildman–Crippen LogP) is 4.45. The van der Waals surface area contributed by atoms with Crippen molar-refractivity contribution in [2.24, 2.45) is 0 Å². The molecule has 0 fully saturated rings. The predicted molar refractivity (Wildman–Crippen MR) is 102 cm³/mol. The molecule has 0 radical (unpaired) electrons. The number of methoxy groups -OCH3 is 1. The van der Waals surface area contributed by atoms with Crippen molar-refractivity contribution in [2.75, 3.05) is 7.11 Å². The smallest absolute Gasteiger partial charge is 0.118 e. The molecule has 6 heteroatoms. The largest absolute Gasteiger partial charge is 0.497 e. The summed E-state index contributed by atoms with van der Waals surface area (Å²) in [4.78, 5) is 4.12. The van der Waals surface area contributed by atoms with Gasteiger partial charge >= 0.3 is 0 Å². The lowest BCUT2D eigenvalue weighted by atomic mass is 10.1. The second kappa shape index (κ2) is 7.06. The molecule has 0 unspecified atom stereocenters. The lowest BCUT2D eigenvalue weighted by Gasteiger charge is -2.05. The molecule has 5 nitrogen and oxygen atoms in total. The summed E-state index contributed by atoms with van der Waals surface area (Å²) >= 11 is 6.00. The number of benzene rings is 2. The van der Waals surface area contributed by atoms with Crippen LogP contribution < -0.4 is 4.74 Å². The van der Waals surface area contributed by atoms with Crippen LogP contribution in [-0.4, -0.2) is 26.4 Å². The third-order valence-electron chi connectivity index (χ3n) is 4.16. The van der Waals surface area contributed by atoms with Crippen LogP contribution in [0, 0.1) is 0 Å². The highest BCUT2D eigenvalue weighted by molar-refractivity contribution is 6.30. The van der Waals surface area contributed by atoms with Crippen LogP contribution in [0.2, 0.25) is 5.02 Å². The van der Waals surface area contributed by atoms with Gasteiger partial charge in [-0.15, -0.1) is 0 Å². The standard InChI is InChI=1S/C20H17ClN4O/c1-26-19-8-2-15(3-9-19)20-16(12-24-11-10-22-14-24)13-25(23-20)18-6-4-17(21)5-7-18/h2-11,13-14H,12H2,1H3. The minimum absolute atomic E-state index is 0.689. The monoisotopic (exact) mass is 364 g/mol. The van der Waals surface area contributed by atoms with Crippen molar-refractivity contribution < 1.29 is 4.74 Å². The van der Waals surface area contributed by atoms with E-state index in [1.165, 1.54) is 0 Å². The minimum atomic E-state index is 0.689. The number of aromatic nitrogens is 4. The first-order valence-electron chi connectivity index (χ1n) is 8.17. The number of halogens is 1. The molecule has 2 heterocycles. The third kappa shape index (κ3) is 3.34. The van der Waals surface area contributed by atoms with Crippen molar-refractivity contribution >= 4 is 11.6 Å². The van der Waals surface area contributed by atoms with E-state index in [1.54, 1.807) is 19.6 Å². The number of rotatable bonds is 5. The Kier molecular flexibility index (Phi) is 4.46. The molecular formula is C20H17ClN4O. The second-order valence-corrected chi connectivity index (χ2v) is 6.32. The van der Waals surface area contributed by atoms with Gasteiger partial charge in [0.25, 0.3) is 0 Å². The van der Waals surface area contributed by atoms with Gasteiger partial charge in [0.2, 0.25) is 0 Å². The number of nitrogens with zero attached hydrogens (tertiary/aromatic N) is 4. The molecule has 0 aliphatic rings. The molecule has 0 N–H and O–H groups in total. The van der Waals surface area contributed by atoms with Gasteiger partial charge in [-0.1, -0.05) is 11.6 Å². The van der Waals surface area contributed by atoms with Crippen molar-refractivity contribution in [3.63, 3.8) is 0 Å². The normalized spacial score (nSPS) is 10.8. The number of imidazole rings is 1. The Bertz CT molecular complexity index is 989. The Labute approximate surface area is 156 Å². The Morgan fingerprint density at radius 1 is 1.04 bits per heavy atom. The summed E-state index contributed by atoms with van der Waals surface area (Å²) in [7, 11) is 1.66. The van der Waals surface area contributed by atoms with Crippen LogP contribution >= 0.6 is 11.6 Å². The van der Waals surface area contributed by atoms with E-state index in [9.17, 15) is 0 Å². The van der Waals surface area contributed by atoms with Gasteiger partial charge in [0.1, 0.15) is 5.75 Å². The first-order chi connectivity index (χ1) is 12.7. The van der Waals surface area contributed by atoms with Gasteiger partial charge in [-0.05, 0) is 48.5 Å². The second-order valence-electron chi connectivity index (χ2n) is 5.89. The molecule has 0 saturated carbocycles. The molecule has 2 aromatic carbocycles. The molecule has 130 valence electrons. The van der Waals surface area contributed by atoms with E-state index in [0.717, 1.165) is 28.3 Å². The van der Waals surface area contributed by atoms with E-state index in [4.69, 9.17) is 21.4 Å². The topological polar surface area (TPSA) is 44.9 Å². The van der Waals surface area contributed by atoms with Crippen molar-refractivity contribution in [3.8, 4) is 22.7 Å². The lowest BCUT2D eigenvalue weighted by molar-refractivity contribution is 0.415. The van der Waals surface area contributed by atoms with E-state index in [0.29, 0.717) is 11.6 Å². The van der Waals surface area contributed by atoms with E-state index in [2.05, 4.69) is 4.98 Å². The SMILES string of the molecule is COc1ccc(-c2nn(-c3ccc(Cl)cc3)cc2Cn2ccnc2)cc1. The fourth-order valence-corrected chi connectivity index (χ4v) is 2.95. The zero-order chi connectivity index (χ0) is 17.9. The molecule has 0 saturated heterocycles. The summed E-state index contributed by atoms with van der Waals surface area (Å²) < 4.78 is 9.16. The molecule has 26 heavy (non-hydrogen) atoms. The van der Waals surface area contributed by atoms with Gasteiger partial charge in [0.05, 0.1) is 31.4 Å². The van der Waals surface area contributed by atoms with Gasteiger partial charge in [0, 0.05) is 34.7 Å². The summed E-state index contributed by atoms with van der Waals surface area (Å²) in [6, 6.07) is 15.6. The van der Waals surface area contributed by atoms with Gasteiger partial charge in [-0.2, -0.15) is 5.10 Å². The Morgan fingerprint density at radius 2 is 1.81 bits per heavy atom. The van der Waals surface area contributed by atoms with Crippen LogP contribution in [0.4, 0.5) is 0 Å². The Hall–Kier alpha value is -3.05. The molecule has 0 amide bonds. The van der Waals surface area contributed by atoms with Gasteiger partial charge in [-0.25, -0.2) is 9.67 Å². The molecule has 0 atom stereocenters. The summed E-state index contributed by atoms with van der Waals surface area (Å²) in [6.45, 7) is 0.689. The van der Waals surface area contributed by atoms with Crippen molar-refractivity contribution in [1.29, 1.82) is 0 Å². The van der Waals surface area contributed by atoms with Gasteiger partial charge < -0.3 is 9.30 Å². The van der Waals surface area contributed by atoms with Crippen LogP contribution in [0.1, 0.15) is 5.56 Å². The molecular weight excluding hydrogens is 348 g/mol. The van der Waals surface area contributed by atoms with E-state index < -0.39 is 0 Å². The highest BCUT2D eigenvalue weighted by Crippen LogP contribution is 2.26. The van der Waals surface area contributed by atoms with Crippen molar-refractivity contribution in [3.05, 3.63) is 84.0 Å². The van der Waals surface area contributed by atoms with Crippen molar-refractivity contribution in [2.45, 2.75) is 6.54 Å². The number of ether oxygens (including phenoxy) is 1. The maximum absolute atomic E-state index is 6.00. The first-order valence-corrected chi connectivity index (χ1v) is 8.55. The summed E-state index contributed by atoms with van der Waals surface area (Å²) in [6.07, 6.45) is 7.56. The molecule has 0 aliphatic heterocycles. The summed E-state index contributed by atoms with van der Waals surface area (Å²) in [5, 5.41) is 5.52. The van der Waals surface area contributed by atoms with Crippen LogP contribution in [-0.2, 0) is 6.54 Å². The fraction of sp³-hybridized carbons (Fsp3) is 0.100. The highest BCUT2D eigenvalue weighted by Gasteiger charge is 2.13. The molecule has 0 aliphatic carbocycles.